The van der Waals surface area contributed by atoms with Gasteiger partial charge in [0.1, 0.15) is 11.5 Å². The Labute approximate surface area is 189 Å². The van der Waals surface area contributed by atoms with E-state index >= 15 is 0 Å². The molecule has 0 atom stereocenters. The molecule has 32 heavy (non-hydrogen) atoms. The third kappa shape index (κ3) is 4.71. The topological polar surface area (TPSA) is 72.8 Å². The lowest BCUT2D eigenvalue weighted by Crippen LogP contribution is -2.10. The van der Waals surface area contributed by atoms with Gasteiger partial charge in [0.25, 0.3) is 0 Å². The summed E-state index contributed by atoms with van der Waals surface area (Å²) in [6.45, 7) is -0.501. The highest BCUT2D eigenvalue weighted by Gasteiger charge is 2.15. The molecule has 5 nitrogen and oxygen atoms in total. The van der Waals surface area contributed by atoms with Gasteiger partial charge in [0.2, 0.25) is 0 Å². The van der Waals surface area contributed by atoms with E-state index < -0.39 is 12.6 Å². The lowest BCUT2D eigenvalue weighted by atomic mass is 10.0. The molecule has 160 valence electrons. The molecule has 0 aliphatic heterocycles. The van der Waals surface area contributed by atoms with E-state index in [1.807, 2.05) is 30.3 Å². The molecule has 0 radical (unpaired) electrons. The molecular weight excluding hydrogens is 424 g/mol. The summed E-state index contributed by atoms with van der Waals surface area (Å²) in [5.74, 6) is -0.364. The van der Waals surface area contributed by atoms with E-state index in [9.17, 15) is 9.59 Å². The zero-order chi connectivity index (χ0) is 22.5. The van der Waals surface area contributed by atoms with Gasteiger partial charge in [0.15, 0.2) is 12.4 Å². The van der Waals surface area contributed by atoms with Crippen LogP contribution in [-0.4, -0.2) is 30.6 Å². The van der Waals surface area contributed by atoms with Crippen molar-refractivity contribution in [3.8, 4) is 21.9 Å². The fourth-order valence-corrected chi connectivity index (χ4v) is 4.40. The molecule has 0 spiro atoms. The SMILES string of the molecule is COc1cc(OCC(=O)O)c(/C=C/C(=O)c2ccccc2)cc1-c1cc2ccccc2s1. The number of benzene rings is 3. The second-order valence-electron chi connectivity index (χ2n) is 6.98. The van der Waals surface area contributed by atoms with E-state index in [-0.39, 0.29) is 5.78 Å². The number of ether oxygens (including phenoxy) is 2. The van der Waals surface area contributed by atoms with E-state index in [2.05, 4.69) is 12.1 Å². The number of hydrogen-bond acceptors (Lipinski definition) is 5. The molecule has 0 unspecified atom stereocenters. The summed E-state index contributed by atoms with van der Waals surface area (Å²) in [6, 6.07) is 22.6. The average Bonchev–Trinajstić information content (AvgIpc) is 3.25. The van der Waals surface area contributed by atoms with Gasteiger partial charge < -0.3 is 14.6 Å². The van der Waals surface area contributed by atoms with Crippen LogP contribution in [0.2, 0.25) is 0 Å². The minimum atomic E-state index is -1.09. The van der Waals surface area contributed by atoms with Gasteiger partial charge >= 0.3 is 5.97 Å². The second kappa shape index (κ2) is 9.49. The fourth-order valence-electron chi connectivity index (χ4n) is 3.31. The Morgan fingerprint density at radius 3 is 2.44 bits per heavy atom. The molecule has 0 bridgehead atoms. The van der Waals surface area contributed by atoms with Crippen LogP contribution in [-0.2, 0) is 4.79 Å². The van der Waals surface area contributed by atoms with Crippen LogP contribution in [0.1, 0.15) is 15.9 Å². The molecule has 0 fully saturated rings. The van der Waals surface area contributed by atoms with Crippen LogP contribution >= 0.6 is 11.3 Å². The molecular formula is C26H20O5S. The minimum absolute atomic E-state index is 0.158. The zero-order valence-corrected chi connectivity index (χ0v) is 18.1. The standard InChI is InChI=1S/C26H20O5S/c1-30-23-15-22(31-16-26(28)29)18(11-12-21(27)17-7-3-2-4-8-17)13-20(23)25-14-19-9-5-6-10-24(19)32-25/h2-15H,16H2,1H3,(H,28,29)/b12-11+. The molecule has 4 rings (SSSR count). The maximum Gasteiger partial charge on any atom is 0.341 e. The van der Waals surface area contributed by atoms with Crippen LogP contribution in [0.4, 0.5) is 0 Å². The van der Waals surface area contributed by atoms with Gasteiger partial charge in [0.05, 0.1) is 7.11 Å². The van der Waals surface area contributed by atoms with Gasteiger partial charge in [-0.15, -0.1) is 11.3 Å². The molecule has 6 heteroatoms. The Bertz CT molecular complexity index is 1270. The fraction of sp³-hybridized carbons (Fsp3) is 0.0769. The van der Waals surface area contributed by atoms with Crippen molar-refractivity contribution in [3.05, 3.63) is 90.0 Å². The number of ketones is 1. The first kappa shape index (κ1) is 21.3. The summed E-state index contributed by atoms with van der Waals surface area (Å²) < 4.78 is 12.2. The predicted octanol–water partition coefficient (Wildman–Crippen LogP) is 5.94. The first-order valence-electron chi connectivity index (χ1n) is 9.88. The third-order valence-corrected chi connectivity index (χ3v) is 6.00. The van der Waals surface area contributed by atoms with Crippen LogP contribution < -0.4 is 9.47 Å². The Hall–Kier alpha value is -3.90. The monoisotopic (exact) mass is 444 g/mol. The average molecular weight is 445 g/mol. The van der Waals surface area contributed by atoms with Gasteiger partial charge in [-0.25, -0.2) is 4.79 Å². The van der Waals surface area contributed by atoms with E-state index in [1.54, 1.807) is 54.9 Å². The highest BCUT2D eigenvalue weighted by molar-refractivity contribution is 7.22. The minimum Gasteiger partial charge on any atom is -0.496 e. The number of carboxylic acid groups (broad SMARTS) is 1. The Morgan fingerprint density at radius 1 is 0.969 bits per heavy atom. The van der Waals surface area contributed by atoms with E-state index in [4.69, 9.17) is 14.6 Å². The number of thiophene rings is 1. The number of methoxy groups -OCH3 is 1. The summed E-state index contributed by atoms with van der Waals surface area (Å²) in [6.07, 6.45) is 3.10. The van der Waals surface area contributed by atoms with Gasteiger partial charge in [0, 0.05) is 32.3 Å². The molecule has 0 saturated heterocycles. The quantitative estimate of drug-likeness (QED) is 0.269. The number of fused-ring (bicyclic) bond motifs is 1. The number of aliphatic carboxylic acids is 1. The van der Waals surface area contributed by atoms with Crippen molar-refractivity contribution in [3.63, 3.8) is 0 Å². The van der Waals surface area contributed by atoms with Crippen LogP contribution in [0.5, 0.6) is 11.5 Å². The van der Waals surface area contributed by atoms with Crippen molar-refractivity contribution in [2.24, 2.45) is 0 Å². The number of allylic oxidation sites excluding steroid dienone is 1. The second-order valence-corrected chi connectivity index (χ2v) is 8.07. The summed E-state index contributed by atoms with van der Waals surface area (Å²) in [4.78, 5) is 24.6. The third-order valence-electron chi connectivity index (χ3n) is 4.85. The first-order chi connectivity index (χ1) is 15.5. The summed E-state index contributed by atoms with van der Waals surface area (Å²) in [7, 11) is 1.56. The van der Waals surface area contributed by atoms with Crippen molar-refractivity contribution in [2.75, 3.05) is 13.7 Å². The number of carboxylic acids is 1. The number of carbonyl (C=O) groups excluding carboxylic acids is 1. The maximum atomic E-state index is 12.5. The van der Waals surface area contributed by atoms with Crippen LogP contribution in [0.15, 0.2) is 78.9 Å². The molecule has 3 aromatic carbocycles. The zero-order valence-electron chi connectivity index (χ0n) is 17.3. The van der Waals surface area contributed by atoms with Crippen molar-refractivity contribution in [1.29, 1.82) is 0 Å². The van der Waals surface area contributed by atoms with Crippen molar-refractivity contribution >= 4 is 39.3 Å². The Kier molecular flexibility index (Phi) is 6.33. The molecule has 4 aromatic rings. The highest BCUT2D eigenvalue weighted by atomic mass is 32.1. The number of rotatable bonds is 8. The molecule has 0 saturated carbocycles. The van der Waals surface area contributed by atoms with Gasteiger partial charge in [-0.3, -0.25) is 4.79 Å². The lowest BCUT2D eigenvalue weighted by molar-refractivity contribution is -0.139. The smallest absolute Gasteiger partial charge is 0.341 e. The summed E-state index contributed by atoms with van der Waals surface area (Å²) in [5.41, 5.74) is 1.99. The molecule has 1 aromatic heterocycles. The number of hydrogen-bond donors (Lipinski definition) is 1. The van der Waals surface area contributed by atoms with Gasteiger partial charge in [-0.1, -0.05) is 48.5 Å². The first-order valence-corrected chi connectivity index (χ1v) is 10.7. The maximum absolute atomic E-state index is 12.5. The molecule has 0 aliphatic carbocycles. The molecule has 1 N–H and O–H groups in total. The number of carbonyl (C=O) groups is 2. The normalized spacial score (nSPS) is 11.0. The van der Waals surface area contributed by atoms with E-state index in [1.165, 1.54) is 6.08 Å². The highest BCUT2D eigenvalue weighted by Crippen LogP contribution is 2.41. The van der Waals surface area contributed by atoms with Gasteiger partial charge in [-0.05, 0) is 35.7 Å². The summed E-state index contributed by atoms with van der Waals surface area (Å²) >= 11 is 1.63. The summed E-state index contributed by atoms with van der Waals surface area (Å²) in [5, 5.41) is 10.2. The van der Waals surface area contributed by atoms with Crippen molar-refractivity contribution in [1.82, 2.24) is 0 Å². The largest absolute Gasteiger partial charge is 0.496 e. The Balaban J connectivity index is 1.78. The predicted molar refractivity (Wildman–Crippen MR) is 127 cm³/mol. The van der Waals surface area contributed by atoms with Crippen molar-refractivity contribution in [2.45, 2.75) is 0 Å². The molecule has 1 heterocycles. The van der Waals surface area contributed by atoms with Crippen LogP contribution in [0.25, 0.3) is 26.6 Å². The molecule has 0 aliphatic rings. The van der Waals surface area contributed by atoms with Crippen LogP contribution in [0, 0.1) is 0 Å². The van der Waals surface area contributed by atoms with E-state index in [0.717, 1.165) is 20.5 Å². The lowest BCUT2D eigenvalue weighted by Gasteiger charge is -2.13. The van der Waals surface area contributed by atoms with Gasteiger partial charge in [-0.2, -0.15) is 0 Å². The molecule has 0 amide bonds. The van der Waals surface area contributed by atoms with Crippen molar-refractivity contribution < 1.29 is 24.2 Å². The van der Waals surface area contributed by atoms with Crippen LogP contribution in [0.3, 0.4) is 0 Å². The van der Waals surface area contributed by atoms with E-state index in [0.29, 0.717) is 22.6 Å². The Morgan fingerprint density at radius 2 is 1.72 bits per heavy atom.